The molecule has 3 atom stereocenters. The van der Waals surface area contributed by atoms with E-state index in [-0.39, 0.29) is 12.3 Å². The molecule has 40 heavy (non-hydrogen) atoms. The number of amides is 2. The fraction of sp³-hybridized carbons (Fsp3) is 0.406. The minimum Gasteiger partial charge on any atom is -0.454 e. The van der Waals surface area contributed by atoms with Crippen LogP contribution in [0, 0.1) is 0 Å². The molecule has 1 heterocycles. The highest BCUT2D eigenvalue weighted by atomic mass is 16.6. The smallest absolute Gasteiger partial charge is 0.408 e. The normalized spacial score (nSPS) is 23.7. The molecule has 1 fully saturated rings. The lowest BCUT2D eigenvalue weighted by molar-refractivity contribution is -0.160. The molecule has 8 nitrogen and oxygen atoms in total. The van der Waals surface area contributed by atoms with Crippen LogP contribution in [0.3, 0.4) is 0 Å². The number of allylic oxidation sites excluding steroid dienone is 2. The van der Waals surface area contributed by atoms with E-state index in [9.17, 15) is 19.5 Å². The summed E-state index contributed by atoms with van der Waals surface area (Å²) >= 11 is 0. The van der Waals surface area contributed by atoms with E-state index in [1.807, 2.05) is 56.3 Å². The van der Waals surface area contributed by atoms with Crippen molar-refractivity contribution in [3.63, 3.8) is 0 Å². The van der Waals surface area contributed by atoms with Gasteiger partial charge < -0.3 is 25.2 Å². The van der Waals surface area contributed by atoms with Gasteiger partial charge in [-0.05, 0) is 56.7 Å². The molecule has 3 aliphatic rings. The van der Waals surface area contributed by atoms with E-state index >= 15 is 0 Å². The van der Waals surface area contributed by atoms with Gasteiger partial charge in [-0.3, -0.25) is 9.59 Å². The van der Waals surface area contributed by atoms with Crippen LogP contribution in [-0.4, -0.2) is 40.3 Å². The summed E-state index contributed by atoms with van der Waals surface area (Å²) in [7, 11) is 0. The van der Waals surface area contributed by atoms with Gasteiger partial charge in [0.2, 0.25) is 11.4 Å². The lowest BCUT2D eigenvalue weighted by Gasteiger charge is -2.35. The van der Waals surface area contributed by atoms with Gasteiger partial charge in [-0.25, -0.2) is 4.79 Å². The lowest BCUT2D eigenvalue weighted by Crippen LogP contribution is -2.65. The molecular weight excluding hydrogens is 508 g/mol. The summed E-state index contributed by atoms with van der Waals surface area (Å²) in [6.45, 7) is 9.27. The van der Waals surface area contributed by atoms with E-state index in [1.165, 1.54) is 0 Å². The molecule has 0 saturated heterocycles. The largest absolute Gasteiger partial charge is 0.454 e. The standard InChI is InChI=1S/C32H36N2O6/c1-19(2)21-15-16-24-26(18-21)39-32(38)23-14-10-9-13-22(23)27(35)31(24,32)34-28(36)25(17-20-11-7-6-8-12-20)33-29(37)40-30(3,4)5/h6-8,11-16,18-19,25,38H,9-10,17H2,1-5H3,(H,33,37)(H,34,36)/t25-,31?,32?/m1/s1. The number of ketones is 1. The molecule has 3 N–H and O–H groups in total. The Morgan fingerprint density at radius 3 is 2.45 bits per heavy atom. The molecule has 2 unspecified atom stereocenters. The fourth-order valence-electron chi connectivity index (χ4n) is 5.65. The number of hydrogen-bond acceptors (Lipinski definition) is 6. The van der Waals surface area contributed by atoms with Crippen LogP contribution in [0.2, 0.25) is 0 Å². The van der Waals surface area contributed by atoms with Gasteiger partial charge in [0.15, 0.2) is 5.78 Å². The van der Waals surface area contributed by atoms with Gasteiger partial charge in [-0.15, -0.1) is 0 Å². The van der Waals surface area contributed by atoms with Gasteiger partial charge in [0.25, 0.3) is 5.79 Å². The van der Waals surface area contributed by atoms with Crippen LogP contribution in [0.4, 0.5) is 4.79 Å². The second-order valence-electron chi connectivity index (χ2n) is 11.9. The highest BCUT2D eigenvalue weighted by Gasteiger charge is 2.73. The fourth-order valence-corrected chi connectivity index (χ4v) is 5.65. The van der Waals surface area contributed by atoms with Gasteiger partial charge in [0.1, 0.15) is 17.4 Å². The number of alkyl carbamates (subject to hydrolysis) is 1. The van der Waals surface area contributed by atoms with Gasteiger partial charge in [-0.1, -0.05) is 68.5 Å². The average Bonchev–Trinajstić information content (AvgIpc) is 3.25. The van der Waals surface area contributed by atoms with Crippen LogP contribution in [0.5, 0.6) is 5.75 Å². The van der Waals surface area contributed by atoms with E-state index in [4.69, 9.17) is 9.47 Å². The molecule has 1 saturated carbocycles. The van der Waals surface area contributed by atoms with Crippen LogP contribution in [0.1, 0.15) is 70.1 Å². The summed E-state index contributed by atoms with van der Waals surface area (Å²) in [5.41, 5.74) is 0.148. The molecule has 8 heteroatoms. The van der Waals surface area contributed by atoms with Crippen molar-refractivity contribution in [1.29, 1.82) is 0 Å². The van der Waals surface area contributed by atoms with Gasteiger partial charge in [-0.2, -0.15) is 0 Å². The highest BCUT2D eigenvalue weighted by Crippen LogP contribution is 2.58. The SMILES string of the molecule is CC(C)c1ccc2c(c1)OC1(O)C3=CCCC=C3C(=O)C21NC(=O)[C@@H](Cc1ccccc1)NC(=O)OC(C)(C)C. The lowest BCUT2D eigenvalue weighted by atomic mass is 9.82. The minimum atomic E-state index is -2.13. The van der Waals surface area contributed by atoms with E-state index in [0.717, 1.165) is 11.1 Å². The van der Waals surface area contributed by atoms with Crippen molar-refractivity contribution in [1.82, 2.24) is 10.6 Å². The minimum absolute atomic E-state index is 0.139. The number of hydrogen-bond donors (Lipinski definition) is 3. The molecule has 0 aromatic heterocycles. The van der Waals surface area contributed by atoms with Crippen molar-refractivity contribution >= 4 is 17.8 Å². The number of aliphatic hydroxyl groups is 1. The van der Waals surface area contributed by atoms with E-state index in [0.29, 0.717) is 35.3 Å². The number of benzene rings is 2. The van der Waals surface area contributed by atoms with Crippen LogP contribution in [0.15, 0.2) is 71.8 Å². The zero-order chi connectivity index (χ0) is 28.9. The number of Topliss-reactive ketones (excluding diaryl/α,β-unsaturated/α-hetero) is 1. The maximum absolute atomic E-state index is 14.2. The third kappa shape index (κ3) is 4.60. The number of ether oxygens (including phenoxy) is 2. The molecule has 2 aromatic rings. The van der Waals surface area contributed by atoms with E-state index < -0.39 is 40.8 Å². The molecule has 0 radical (unpaired) electrons. The molecular formula is C32H36N2O6. The Morgan fingerprint density at radius 1 is 1.07 bits per heavy atom. The maximum atomic E-state index is 14.2. The van der Waals surface area contributed by atoms with Crippen molar-refractivity contribution in [2.24, 2.45) is 0 Å². The number of rotatable bonds is 6. The first-order chi connectivity index (χ1) is 18.9. The molecule has 2 aliphatic carbocycles. The Labute approximate surface area is 234 Å². The summed E-state index contributed by atoms with van der Waals surface area (Å²) in [6.07, 6.45) is 4.23. The van der Waals surface area contributed by atoms with E-state index in [2.05, 4.69) is 10.6 Å². The van der Waals surface area contributed by atoms with Crippen molar-refractivity contribution in [3.05, 3.63) is 88.5 Å². The quantitative estimate of drug-likeness (QED) is 0.491. The Hall–Kier alpha value is -3.91. The zero-order valence-corrected chi connectivity index (χ0v) is 23.5. The molecule has 210 valence electrons. The predicted molar refractivity (Wildman–Crippen MR) is 150 cm³/mol. The van der Waals surface area contributed by atoms with Crippen molar-refractivity contribution in [2.45, 2.75) is 82.8 Å². The molecule has 1 aliphatic heterocycles. The Morgan fingerprint density at radius 2 is 1.77 bits per heavy atom. The number of carbonyl (C=O) groups excluding carboxylic acids is 3. The first-order valence-electron chi connectivity index (χ1n) is 13.7. The molecule has 5 rings (SSSR count). The number of nitrogens with one attached hydrogen (secondary N) is 2. The summed E-state index contributed by atoms with van der Waals surface area (Å²) in [5, 5.41) is 17.7. The van der Waals surface area contributed by atoms with E-state index in [1.54, 1.807) is 39.0 Å². The summed E-state index contributed by atoms with van der Waals surface area (Å²) in [6, 6.07) is 13.6. The third-order valence-corrected chi connectivity index (χ3v) is 7.55. The summed E-state index contributed by atoms with van der Waals surface area (Å²) in [4.78, 5) is 41.0. The van der Waals surface area contributed by atoms with Crippen LogP contribution in [0.25, 0.3) is 0 Å². The predicted octanol–water partition coefficient (Wildman–Crippen LogP) is 4.57. The number of carbonyl (C=O) groups is 3. The van der Waals surface area contributed by atoms with Crippen LogP contribution >= 0.6 is 0 Å². The highest BCUT2D eigenvalue weighted by molar-refractivity contribution is 6.15. The molecule has 0 spiro atoms. The van der Waals surface area contributed by atoms with Crippen LogP contribution < -0.4 is 15.4 Å². The van der Waals surface area contributed by atoms with Crippen molar-refractivity contribution in [2.75, 3.05) is 0 Å². The monoisotopic (exact) mass is 544 g/mol. The first kappa shape index (κ1) is 27.6. The average molecular weight is 545 g/mol. The third-order valence-electron chi connectivity index (χ3n) is 7.55. The number of fused-ring (bicyclic) bond motifs is 5. The van der Waals surface area contributed by atoms with Crippen LogP contribution in [-0.2, 0) is 26.3 Å². The summed E-state index contributed by atoms with van der Waals surface area (Å²) in [5.74, 6) is -2.70. The summed E-state index contributed by atoms with van der Waals surface area (Å²) < 4.78 is 11.6. The Bertz CT molecular complexity index is 1420. The molecule has 2 aromatic carbocycles. The zero-order valence-electron chi connectivity index (χ0n) is 23.5. The maximum Gasteiger partial charge on any atom is 0.408 e. The van der Waals surface area contributed by atoms with Gasteiger partial charge in [0, 0.05) is 23.1 Å². The van der Waals surface area contributed by atoms with Crippen molar-refractivity contribution < 1.29 is 29.0 Å². The Balaban J connectivity index is 1.57. The van der Waals surface area contributed by atoms with Gasteiger partial charge in [0.05, 0.1) is 0 Å². The van der Waals surface area contributed by atoms with Crippen molar-refractivity contribution in [3.8, 4) is 5.75 Å². The molecule has 0 bridgehead atoms. The molecule has 2 amide bonds. The first-order valence-corrected chi connectivity index (χ1v) is 13.7. The second-order valence-corrected chi connectivity index (χ2v) is 11.9. The topological polar surface area (TPSA) is 114 Å². The Kier molecular flexibility index (Phi) is 6.86. The van der Waals surface area contributed by atoms with Gasteiger partial charge >= 0.3 is 6.09 Å². The second kappa shape index (κ2) is 9.93.